The van der Waals surface area contributed by atoms with E-state index in [1.807, 2.05) is 11.3 Å². The highest BCUT2D eigenvalue weighted by molar-refractivity contribution is 7.19. The van der Waals surface area contributed by atoms with Gasteiger partial charge in [0, 0.05) is 15.6 Å². The van der Waals surface area contributed by atoms with Gasteiger partial charge in [-0.15, -0.1) is 11.3 Å². The van der Waals surface area contributed by atoms with Crippen molar-refractivity contribution in [2.24, 2.45) is 11.8 Å². The van der Waals surface area contributed by atoms with Crippen LogP contribution in [-0.2, 0) is 0 Å². The van der Waals surface area contributed by atoms with E-state index in [1.54, 1.807) is 0 Å². The van der Waals surface area contributed by atoms with Gasteiger partial charge in [0.25, 0.3) is 0 Å². The Hall–Kier alpha value is -0.860. The van der Waals surface area contributed by atoms with Crippen molar-refractivity contribution in [1.29, 1.82) is 0 Å². The van der Waals surface area contributed by atoms with Gasteiger partial charge in [-0.2, -0.15) is 0 Å². The Balaban J connectivity index is 1.50. The van der Waals surface area contributed by atoms with Crippen LogP contribution in [0.2, 0.25) is 0 Å². The maximum absolute atomic E-state index is 3.73. The zero-order valence-corrected chi connectivity index (χ0v) is 14.1. The van der Waals surface area contributed by atoms with E-state index >= 15 is 0 Å². The van der Waals surface area contributed by atoms with E-state index in [4.69, 9.17) is 0 Å². The van der Waals surface area contributed by atoms with Crippen molar-refractivity contribution in [3.05, 3.63) is 35.2 Å². The highest BCUT2D eigenvalue weighted by atomic mass is 32.1. The Morgan fingerprint density at radius 2 is 2.14 bits per heavy atom. The van der Waals surface area contributed by atoms with E-state index in [-0.39, 0.29) is 0 Å². The SMILES string of the molecule is CC1CCCC(CCNC(C)c2cc3ccccc3s2)C1. The molecule has 1 N–H and O–H groups in total. The quantitative estimate of drug-likeness (QED) is 0.739. The fraction of sp³-hybridized carbons (Fsp3) is 0.579. The van der Waals surface area contributed by atoms with Crippen LogP contribution in [0.1, 0.15) is 56.9 Å². The van der Waals surface area contributed by atoms with E-state index in [1.165, 1.54) is 47.1 Å². The van der Waals surface area contributed by atoms with Crippen molar-refractivity contribution < 1.29 is 0 Å². The predicted molar refractivity (Wildman–Crippen MR) is 94.0 cm³/mol. The first kappa shape index (κ1) is 15.1. The summed E-state index contributed by atoms with van der Waals surface area (Å²) in [4.78, 5) is 1.47. The van der Waals surface area contributed by atoms with Crippen LogP contribution in [0.5, 0.6) is 0 Å². The van der Waals surface area contributed by atoms with Crippen LogP contribution in [0.25, 0.3) is 10.1 Å². The third-order valence-electron chi connectivity index (χ3n) is 4.92. The Bertz CT molecular complexity index is 541. The second kappa shape index (κ2) is 6.93. The number of hydrogen-bond donors (Lipinski definition) is 1. The number of nitrogens with one attached hydrogen (secondary N) is 1. The van der Waals surface area contributed by atoms with Crippen molar-refractivity contribution in [3.8, 4) is 0 Å². The largest absolute Gasteiger partial charge is 0.309 e. The molecule has 1 aliphatic rings. The van der Waals surface area contributed by atoms with Crippen LogP contribution >= 0.6 is 11.3 Å². The second-order valence-electron chi connectivity index (χ2n) is 6.79. The minimum atomic E-state index is 0.475. The Labute approximate surface area is 132 Å². The van der Waals surface area contributed by atoms with E-state index in [2.05, 4.69) is 49.5 Å². The van der Waals surface area contributed by atoms with Crippen LogP contribution < -0.4 is 5.32 Å². The first-order valence-electron chi connectivity index (χ1n) is 8.44. The molecule has 0 saturated heterocycles. The summed E-state index contributed by atoms with van der Waals surface area (Å²) in [7, 11) is 0. The van der Waals surface area contributed by atoms with E-state index in [0.717, 1.165) is 18.4 Å². The molecule has 0 spiro atoms. The number of thiophene rings is 1. The average Bonchev–Trinajstić information content (AvgIpc) is 2.91. The minimum Gasteiger partial charge on any atom is -0.309 e. The van der Waals surface area contributed by atoms with Crippen molar-refractivity contribution in [3.63, 3.8) is 0 Å². The summed E-state index contributed by atoms with van der Waals surface area (Å²) in [6, 6.07) is 11.5. The van der Waals surface area contributed by atoms with Gasteiger partial charge >= 0.3 is 0 Å². The van der Waals surface area contributed by atoms with Gasteiger partial charge in [-0.1, -0.05) is 44.4 Å². The second-order valence-corrected chi connectivity index (χ2v) is 7.90. The highest BCUT2D eigenvalue weighted by Gasteiger charge is 2.18. The molecule has 21 heavy (non-hydrogen) atoms. The Kier molecular flexibility index (Phi) is 4.97. The summed E-state index contributed by atoms with van der Waals surface area (Å²) in [5, 5.41) is 5.11. The fourth-order valence-electron chi connectivity index (χ4n) is 3.64. The van der Waals surface area contributed by atoms with E-state index in [0.29, 0.717) is 6.04 Å². The lowest BCUT2D eigenvalue weighted by Crippen LogP contribution is -2.23. The highest BCUT2D eigenvalue weighted by Crippen LogP contribution is 2.31. The van der Waals surface area contributed by atoms with Gasteiger partial charge in [-0.3, -0.25) is 0 Å². The summed E-state index contributed by atoms with van der Waals surface area (Å²) in [6.07, 6.45) is 7.13. The molecule has 3 atom stereocenters. The van der Waals surface area contributed by atoms with Crippen LogP contribution in [0, 0.1) is 11.8 Å². The maximum Gasteiger partial charge on any atom is 0.0386 e. The molecule has 0 bridgehead atoms. The van der Waals surface area contributed by atoms with Crippen LogP contribution in [0.4, 0.5) is 0 Å². The zero-order valence-electron chi connectivity index (χ0n) is 13.3. The maximum atomic E-state index is 3.73. The van der Waals surface area contributed by atoms with Gasteiger partial charge in [-0.05, 0) is 55.7 Å². The molecule has 1 aromatic heterocycles. The number of rotatable bonds is 5. The van der Waals surface area contributed by atoms with Gasteiger partial charge in [0.15, 0.2) is 0 Å². The number of hydrogen-bond acceptors (Lipinski definition) is 2. The lowest BCUT2D eigenvalue weighted by atomic mass is 9.81. The Morgan fingerprint density at radius 3 is 2.95 bits per heavy atom. The van der Waals surface area contributed by atoms with E-state index in [9.17, 15) is 0 Å². The van der Waals surface area contributed by atoms with Gasteiger partial charge < -0.3 is 5.32 Å². The summed E-state index contributed by atoms with van der Waals surface area (Å²) in [5.41, 5.74) is 0. The molecule has 0 radical (unpaired) electrons. The molecule has 1 aliphatic carbocycles. The lowest BCUT2D eigenvalue weighted by Gasteiger charge is -2.27. The molecule has 2 aromatic rings. The molecule has 0 aliphatic heterocycles. The summed E-state index contributed by atoms with van der Waals surface area (Å²) in [6.45, 7) is 5.88. The molecular weight excluding hydrogens is 274 g/mol. The monoisotopic (exact) mass is 301 g/mol. The topological polar surface area (TPSA) is 12.0 Å². The fourth-order valence-corrected chi connectivity index (χ4v) is 4.73. The summed E-state index contributed by atoms with van der Waals surface area (Å²) < 4.78 is 1.40. The van der Waals surface area contributed by atoms with Crippen molar-refractivity contribution in [2.45, 2.75) is 52.0 Å². The van der Waals surface area contributed by atoms with Crippen molar-refractivity contribution in [1.82, 2.24) is 5.32 Å². The molecule has 3 unspecified atom stereocenters. The first-order valence-corrected chi connectivity index (χ1v) is 9.26. The van der Waals surface area contributed by atoms with Gasteiger partial charge in [0.1, 0.15) is 0 Å². The molecule has 3 rings (SSSR count). The zero-order chi connectivity index (χ0) is 14.7. The third-order valence-corrected chi connectivity index (χ3v) is 6.22. The molecule has 1 nitrogen and oxygen atoms in total. The van der Waals surface area contributed by atoms with Gasteiger partial charge in [-0.25, -0.2) is 0 Å². The molecule has 1 aromatic carbocycles. The molecule has 1 heterocycles. The first-order chi connectivity index (χ1) is 10.2. The Morgan fingerprint density at radius 1 is 1.29 bits per heavy atom. The summed E-state index contributed by atoms with van der Waals surface area (Å²) >= 11 is 1.93. The number of fused-ring (bicyclic) bond motifs is 1. The molecule has 2 heteroatoms. The van der Waals surface area contributed by atoms with Crippen molar-refractivity contribution >= 4 is 21.4 Å². The molecule has 0 amide bonds. The molecule has 1 saturated carbocycles. The average molecular weight is 301 g/mol. The minimum absolute atomic E-state index is 0.475. The normalized spacial score (nSPS) is 24.3. The molecular formula is C19H27NS. The number of benzene rings is 1. The predicted octanol–water partition coefficient (Wildman–Crippen LogP) is 5.77. The van der Waals surface area contributed by atoms with Gasteiger partial charge in [0.2, 0.25) is 0 Å². The lowest BCUT2D eigenvalue weighted by molar-refractivity contribution is 0.266. The van der Waals surface area contributed by atoms with Crippen molar-refractivity contribution in [2.75, 3.05) is 6.54 Å². The van der Waals surface area contributed by atoms with Crippen LogP contribution in [0.15, 0.2) is 30.3 Å². The summed E-state index contributed by atoms with van der Waals surface area (Å²) in [5.74, 6) is 1.90. The third kappa shape index (κ3) is 3.87. The van der Waals surface area contributed by atoms with Crippen LogP contribution in [-0.4, -0.2) is 6.54 Å². The molecule has 1 fully saturated rings. The van der Waals surface area contributed by atoms with Crippen LogP contribution in [0.3, 0.4) is 0 Å². The molecule has 114 valence electrons. The smallest absolute Gasteiger partial charge is 0.0386 e. The standard InChI is InChI=1S/C19H27NS/c1-14-6-5-7-16(12-14)10-11-20-15(2)19-13-17-8-3-4-9-18(17)21-19/h3-4,8-9,13-16,20H,5-7,10-12H2,1-2H3. The van der Waals surface area contributed by atoms with E-state index < -0.39 is 0 Å². The van der Waals surface area contributed by atoms with Gasteiger partial charge in [0.05, 0.1) is 0 Å².